The lowest BCUT2D eigenvalue weighted by molar-refractivity contribution is -0.187. The first-order valence-electron chi connectivity index (χ1n) is 7.01. The Morgan fingerprint density at radius 3 is 2.62 bits per heavy atom. The highest BCUT2D eigenvalue weighted by atomic mass is 16.6. The molecule has 2 rings (SSSR count). The largest absolute Gasteiger partial charge is 0.461 e. The van der Waals surface area contributed by atoms with Gasteiger partial charge in [0.05, 0.1) is 5.92 Å². The molecule has 0 spiro atoms. The Kier molecular flexibility index (Phi) is 4.25. The van der Waals surface area contributed by atoms with Crippen LogP contribution >= 0.6 is 0 Å². The molecule has 16 heavy (non-hydrogen) atoms. The van der Waals surface area contributed by atoms with E-state index < -0.39 is 0 Å². The van der Waals surface area contributed by atoms with E-state index in [2.05, 4.69) is 6.92 Å². The molecular weight excluding hydrogens is 200 g/mol. The fourth-order valence-corrected chi connectivity index (χ4v) is 3.09. The fraction of sp³-hybridized carbons (Fsp3) is 0.929. The highest BCUT2D eigenvalue weighted by Crippen LogP contribution is 2.36. The van der Waals surface area contributed by atoms with Crippen molar-refractivity contribution in [3.8, 4) is 0 Å². The van der Waals surface area contributed by atoms with Crippen molar-refractivity contribution in [3.05, 3.63) is 0 Å². The highest BCUT2D eigenvalue weighted by molar-refractivity contribution is 5.78. The topological polar surface area (TPSA) is 26.3 Å². The Balaban J connectivity index is 1.74. The van der Waals surface area contributed by atoms with E-state index >= 15 is 0 Å². The van der Waals surface area contributed by atoms with Crippen LogP contribution in [0.15, 0.2) is 0 Å². The highest BCUT2D eigenvalue weighted by Gasteiger charge is 2.42. The Morgan fingerprint density at radius 1 is 1.25 bits per heavy atom. The Bertz CT molecular complexity index is 231. The molecule has 2 atom stereocenters. The molecular formula is C14H24O2. The SMILES string of the molecule is CCCC[C@H]1C(=O)O[C@@H]1CC1CCCCC1. The van der Waals surface area contributed by atoms with E-state index in [4.69, 9.17) is 4.74 Å². The molecule has 1 saturated heterocycles. The minimum absolute atomic E-state index is 0.0641. The summed E-state index contributed by atoms with van der Waals surface area (Å²) in [6, 6.07) is 0. The molecule has 0 amide bonds. The molecule has 2 fully saturated rings. The molecule has 0 aromatic rings. The number of esters is 1. The molecule has 0 N–H and O–H groups in total. The van der Waals surface area contributed by atoms with Crippen molar-refractivity contribution in [2.45, 2.75) is 70.8 Å². The summed E-state index contributed by atoms with van der Waals surface area (Å²) < 4.78 is 5.31. The number of unbranched alkanes of at least 4 members (excludes halogenated alkanes) is 1. The number of ether oxygens (including phenoxy) is 1. The normalized spacial score (nSPS) is 30.9. The van der Waals surface area contributed by atoms with E-state index in [0.717, 1.165) is 18.8 Å². The lowest BCUT2D eigenvalue weighted by Crippen LogP contribution is -2.46. The van der Waals surface area contributed by atoms with Crippen LogP contribution in [0.4, 0.5) is 0 Å². The summed E-state index contributed by atoms with van der Waals surface area (Å²) in [7, 11) is 0. The number of hydrogen-bond acceptors (Lipinski definition) is 2. The van der Waals surface area contributed by atoms with Crippen molar-refractivity contribution in [3.63, 3.8) is 0 Å². The van der Waals surface area contributed by atoms with Crippen molar-refractivity contribution in [1.82, 2.24) is 0 Å². The van der Waals surface area contributed by atoms with Gasteiger partial charge in [-0.15, -0.1) is 0 Å². The number of carbonyl (C=O) groups is 1. The Morgan fingerprint density at radius 2 is 2.00 bits per heavy atom. The second-order valence-electron chi connectivity index (χ2n) is 5.46. The fourth-order valence-electron chi connectivity index (χ4n) is 3.09. The van der Waals surface area contributed by atoms with Gasteiger partial charge in [-0.3, -0.25) is 4.79 Å². The van der Waals surface area contributed by atoms with Gasteiger partial charge in [0.1, 0.15) is 6.10 Å². The van der Waals surface area contributed by atoms with Crippen LogP contribution in [0.5, 0.6) is 0 Å². The number of rotatable bonds is 5. The Labute approximate surface area is 98.7 Å². The molecule has 1 aliphatic carbocycles. The van der Waals surface area contributed by atoms with Gasteiger partial charge in [-0.2, -0.15) is 0 Å². The molecule has 2 heteroatoms. The minimum atomic E-state index is 0.0641. The van der Waals surface area contributed by atoms with Crippen LogP contribution in [0.2, 0.25) is 0 Å². The third kappa shape index (κ3) is 2.78. The van der Waals surface area contributed by atoms with Crippen molar-refractivity contribution in [2.24, 2.45) is 11.8 Å². The summed E-state index contributed by atoms with van der Waals surface area (Å²) in [5.41, 5.74) is 0. The lowest BCUT2D eigenvalue weighted by atomic mass is 9.80. The van der Waals surface area contributed by atoms with Gasteiger partial charge in [-0.25, -0.2) is 0 Å². The number of cyclic esters (lactones) is 1. The third-order valence-electron chi connectivity index (χ3n) is 4.18. The van der Waals surface area contributed by atoms with Crippen molar-refractivity contribution >= 4 is 5.97 Å². The first kappa shape index (κ1) is 11.9. The zero-order valence-corrected chi connectivity index (χ0v) is 10.4. The average molecular weight is 224 g/mol. The van der Waals surface area contributed by atoms with Gasteiger partial charge in [-0.1, -0.05) is 51.9 Å². The van der Waals surface area contributed by atoms with E-state index in [1.807, 2.05) is 0 Å². The van der Waals surface area contributed by atoms with Crippen molar-refractivity contribution < 1.29 is 9.53 Å². The number of hydrogen-bond donors (Lipinski definition) is 0. The summed E-state index contributed by atoms with van der Waals surface area (Å²) in [4.78, 5) is 11.4. The molecule has 0 radical (unpaired) electrons. The average Bonchev–Trinajstić information content (AvgIpc) is 2.30. The van der Waals surface area contributed by atoms with Crippen molar-refractivity contribution in [2.75, 3.05) is 0 Å². The van der Waals surface area contributed by atoms with E-state index in [0.29, 0.717) is 0 Å². The van der Waals surface area contributed by atoms with Crippen LogP contribution in [0.25, 0.3) is 0 Å². The van der Waals surface area contributed by atoms with Crippen LogP contribution < -0.4 is 0 Å². The molecule has 0 aromatic carbocycles. The molecule has 1 saturated carbocycles. The second kappa shape index (κ2) is 5.70. The Hall–Kier alpha value is -0.530. The molecule has 2 nitrogen and oxygen atoms in total. The lowest BCUT2D eigenvalue weighted by Gasteiger charge is -2.38. The monoisotopic (exact) mass is 224 g/mol. The molecule has 0 unspecified atom stereocenters. The molecule has 1 aliphatic heterocycles. The van der Waals surface area contributed by atoms with Gasteiger partial charge in [-0.05, 0) is 18.8 Å². The maximum atomic E-state index is 11.4. The van der Waals surface area contributed by atoms with Crippen LogP contribution in [-0.4, -0.2) is 12.1 Å². The van der Waals surface area contributed by atoms with E-state index in [1.54, 1.807) is 0 Å². The standard InChI is InChI=1S/C14H24O2/c1-2-3-9-12-13(16-14(12)15)10-11-7-5-4-6-8-11/h11-13H,2-10H2,1H3/t12-,13-/m1/s1. The van der Waals surface area contributed by atoms with Crippen LogP contribution in [-0.2, 0) is 9.53 Å². The van der Waals surface area contributed by atoms with Gasteiger partial charge in [0.2, 0.25) is 0 Å². The summed E-state index contributed by atoms with van der Waals surface area (Å²) in [5.74, 6) is 1.13. The summed E-state index contributed by atoms with van der Waals surface area (Å²) in [6.07, 6.45) is 11.7. The molecule has 0 aromatic heterocycles. The van der Waals surface area contributed by atoms with E-state index in [1.165, 1.54) is 44.9 Å². The van der Waals surface area contributed by atoms with Crippen molar-refractivity contribution in [1.29, 1.82) is 0 Å². The van der Waals surface area contributed by atoms with Crippen LogP contribution in [0, 0.1) is 11.8 Å². The summed E-state index contributed by atoms with van der Waals surface area (Å²) in [6.45, 7) is 2.18. The maximum Gasteiger partial charge on any atom is 0.313 e. The summed E-state index contributed by atoms with van der Waals surface area (Å²) in [5, 5.41) is 0. The first-order valence-corrected chi connectivity index (χ1v) is 7.01. The van der Waals surface area contributed by atoms with E-state index in [-0.39, 0.29) is 18.0 Å². The molecule has 1 heterocycles. The minimum Gasteiger partial charge on any atom is -0.461 e. The predicted molar refractivity (Wildman–Crippen MR) is 64.1 cm³/mol. The smallest absolute Gasteiger partial charge is 0.313 e. The quantitative estimate of drug-likeness (QED) is 0.666. The molecule has 92 valence electrons. The van der Waals surface area contributed by atoms with E-state index in [9.17, 15) is 4.79 Å². The molecule has 0 bridgehead atoms. The van der Waals surface area contributed by atoms with Gasteiger partial charge in [0, 0.05) is 0 Å². The second-order valence-corrected chi connectivity index (χ2v) is 5.46. The van der Waals surface area contributed by atoms with Crippen LogP contribution in [0.1, 0.15) is 64.7 Å². The third-order valence-corrected chi connectivity index (χ3v) is 4.18. The van der Waals surface area contributed by atoms with Gasteiger partial charge in [0.15, 0.2) is 0 Å². The number of carbonyl (C=O) groups excluding carboxylic acids is 1. The summed E-state index contributed by atoms with van der Waals surface area (Å²) >= 11 is 0. The predicted octanol–water partition coefficient (Wildman–Crippen LogP) is 3.69. The maximum absolute atomic E-state index is 11.4. The zero-order valence-electron chi connectivity index (χ0n) is 10.4. The van der Waals surface area contributed by atoms with Crippen LogP contribution in [0.3, 0.4) is 0 Å². The van der Waals surface area contributed by atoms with Gasteiger partial charge >= 0.3 is 5.97 Å². The zero-order chi connectivity index (χ0) is 11.4. The molecule has 2 aliphatic rings. The van der Waals surface area contributed by atoms with Gasteiger partial charge < -0.3 is 4.74 Å². The van der Waals surface area contributed by atoms with Gasteiger partial charge in [0.25, 0.3) is 0 Å². The first-order chi connectivity index (χ1) is 7.81.